The fourth-order valence-corrected chi connectivity index (χ4v) is 4.64. The average Bonchev–Trinajstić information content (AvgIpc) is 3.18. The van der Waals surface area contributed by atoms with Crippen LogP contribution in [0.15, 0.2) is 66.7 Å². The second-order valence-electron chi connectivity index (χ2n) is 7.76. The van der Waals surface area contributed by atoms with Gasteiger partial charge >= 0.3 is 6.03 Å². The highest BCUT2D eigenvalue weighted by Gasteiger charge is 2.34. The smallest absolute Gasteiger partial charge is 0.322 e. The molecule has 5 rings (SSSR count). The van der Waals surface area contributed by atoms with E-state index in [1.807, 2.05) is 47.4 Å². The highest BCUT2D eigenvalue weighted by molar-refractivity contribution is 6.31. The summed E-state index contributed by atoms with van der Waals surface area (Å²) in [5.74, 6) is 0.769. The molecule has 3 aromatic carbocycles. The van der Waals surface area contributed by atoms with Crippen LogP contribution in [-0.2, 0) is 6.42 Å². The molecule has 2 heterocycles. The van der Waals surface area contributed by atoms with E-state index in [0.717, 1.165) is 34.3 Å². The molecule has 1 aliphatic heterocycles. The van der Waals surface area contributed by atoms with Crippen molar-refractivity contribution in [3.63, 3.8) is 0 Å². The Morgan fingerprint density at radius 2 is 1.75 bits per heavy atom. The van der Waals surface area contributed by atoms with Crippen molar-refractivity contribution in [3.8, 4) is 5.75 Å². The van der Waals surface area contributed by atoms with Gasteiger partial charge in [0, 0.05) is 38.9 Å². The van der Waals surface area contributed by atoms with Crippen LogP contribution in [0.4, 0.5) is 10.5 Å². The van der Waals surface area contributed by atoms with E-state index in [4.69, 9.17) is 27.9 Å². The first-order chi connectivity index (χ1) is 15.5. The number of nitrogens with zero attached hydrogens (tertiary/aromatic N) is 1. The number of aromatic amines is 1. The fraction of sp³-hybridized carbons (Fsp3) is 0.160. The van der Waals surface area contributed by atoms with Crippen LogP contribution in [0.2, 0.25) is 10.0 Å². The topological polar surface area (TPSA) is 57.4 Å². The highest BCUT2D eigenvalue weighted by atomic mass is 35.5. The second-order valence-corrected chi connectivity index (χ2v) is 8.64. The zero-order chi connectivity index (χ0) is 22.2. The summed E-state index contributed by atoms with van der Waals surface area (Å²) in [5, 5.41) is 5.43. The van der Waals surface area contributed by atoms with Gasteiger partial charge < -0.3 is 19.9 Å². The van der Waals surface area contributed by atoms with E-state index in [0.29, 0.717) is 22.3 Å². The number of fused-ring (bicyclic) bond motifs is 3. The molecule has 0 radical (unpaired) electrons. The number of carbonyl (C=O) groups excluding carboxylic acids is 1. The standard InChI is InChI=1S/C25H21Cl2N3O2/c1-32-19-9-2-15(3-10-19)24-23-20(21-14-17(27)6-11-22(21)29-23)12-13-30(24)25(31)28-18-7-4-16(26)5-8-18/h2-11,14,24,29H,12-13H2,1H3,(H,28,31)/t24-/m0/s1. The summed E-state index contributed by atoms with van der Waals surface area (Å²) in [4.78, 5) is 18.8. The van der Waals surface area contributed by atoms with E-state index >= 15 is 0 Å². The maximum Gasteiger partial charge on any atom is 0.322 e. The molecule has 0 fully saturated rings. The Kier molecular flexibility index (Phi) is 5.45. The monoisotopic (exact) mass is 465 g/mol. The summed E-state index contributed by atoms with van der Waals surface area (Å²) in [6.45, 7) is 0.572. The maximum atomic E-state index is 13.4. The van der Waals surface area contributed by atoms with Gasteiger partial charge in [-0.15, -0.1) is 0 Å². The van der Waals surface area contributed by atoms with Gasteiger partial charge in [-0.2, -0.15) is 0 Å². The lowest BCUT2D eigenvalue weighted by molar-refractivity contribution is 0.193. The number of hydrogen-bond donors (Lipinski definition) is 2. The SMILES string of the molecule is COc1ccc([C@H]2c3[nH]c4ccc(Cl)cc4c3CCN2C(=O)Nc2ccc(Cl)cc2)cc1. The summed E-state index contributed by atoms with van der Waals surface area (Å²) < 4.78 is 5.32. The molecule has 0 aliphatic carbocycles. The molecule has 0 saturated heterocycles. The predicted octanol–water partition coefficient (Wildman–Crippen LogP) is 6.66. The Morgan fingerprint density at radius 3 is 2.47 bits per heavy atom. The van der Waals surface area contributed by atoms with Gasteiger partial charge in [-0.25, -0.2) is 4.79 Å². The number of ether oxygens (including phenoxy) is 1. The molecule has 0 unspecified atom stereocenters. The molecule has 2 amide bonds. The first-order valence-corrected chi connectivity index (χ1v) is 11.1. The normalized spacial score (nSPS) is 15.5. The minimum atomic E-state index is -0.275. The first-order valence-electron chi connectivity index (χ1n) is 10.3. The van der Waals surface area contributed by atoms with Crippen molar-refractivity contribution in [1.82, 2.24) is 9.88 Å². The number of hydrogen-bond acceptors (Lipinski definition) is 2. The number of methoxy groups -OCH3 is 1. The molecule has 4 aromatic rings. The number of aromatic nitrogens is 1. The molecule has 7 heteroatoms. The number of carbonyl (C=O) groups is 1. The summed E-state index contributed by atoms with van der Waals surface area (Å²) in [7, 11) is 1.64. The van der Waals surface area contributed by atoms with Crippen LogP contribution in [0, 0.1) is 0 Å². The molecule has 5 nitrogen and oxygen atoms in total. The minimum absolute atomic E-state index is 0.171. The number of H-pyrrole nitrogens is 1. The summed E-state index contributed by atoms with van der Waals surface area (Å²) in [6, 6.07) is 20.3. The largest absolute Gasteiger partial charge is 0.497 e. The van der Waals surface area contributed by atoms with Gasteiger partial charge in [-0.05, 0) is 72.1 Å². The molecular formula is C25H21Cl2N3O2. The van der Waals surface area contributed by atoms with Crippen LogP contribution in [0.25, 0.3) is 10.9 Å². The van der Waals surface area contributed by atoms with Gasteiger partial charge in [0.15, 0.2) is 0 Å². The number of benzene rings is 3. The van der Waals surface area contributed by atoms with Gasteiger partial charge in [0.05, 0.1) is 13.2 Å². The van der Waals surface area contributed by atoms with Crippen molar-refractivity contribution in [3.05, 3.63) is 93.6 Å². The van der Waals surface area contributed by atoms with E-state index in [1.165, 1.54) is 5.56 Å². The number of urea groups is 1. The average molecular weight is 466 g/mol. The molecule has 2 N–H and O–H groups in total. The Hall–Kier alpha value is -3.15. The zero-order valence-electron chi connectivity index (χ0n) is 17.4. The molecule has 162 valence electrons. The number of amides is 2. The van der Waals surface area contributed by atoms with E-state index in [1.54, 1.807) is 31.4 Å². The van der Waals surface area contributed by atoms with Gasteiger partial charge in [-0.1, -0.05) is 35.3 Å². The van der Waals surface area contributed by atoms with Crippen LogP contribution in [-0.4, -0.2) is 29.6 Å². The number of rotatable bonds is 3. The van der Waals surface area contributed by atoms with Gasteiger partial charge in [0.25, 0.3) is 0 Å². The summed E-state index contributed by atoms with van der Waals surface area (Å²) in [5.41, 5.74) is 4.90. The van der Waals surface area contributed by atoms with Crippen LogP contribution >= 0.6 is 23.2 Å². The Morgan fingerprint density at radius 1 is 1.03 bits per heavy atom. The molecule has 32 heavy (non-hydrogen) atoms. The summed E-state index contributed by atoms with van der Waals surface area (Å²) >= 11 is 12.3. The van der Waals surface area contributed by atoms with Crippen molar-refractivity contribution in [1.29, 1.82) is 0 Å². The van der Waals surface area contributed by atoms with Crippen LogP contribution < -0.4 is 10.1 Å². The highest BCUT2D eigenvalue weighted by Crippen LogP contribution is 2.39. The van der Waals surface area contributed by atoms with Crippen molar-refractivity contribution in [2.24, 2.45) is 0 Å². The molecule has 0 bridgehead atoms. The van der Waals surface area contributed by atoms with Gasteiger partial charge in [0.1, 0.15) is 5.75 Å². The number of halogens is 2. The predicted molar refractivity (Wildman–Crippen MR) is 129 cm³/mol. The quantitative estimate of drug-likeness (QED) is 0.355. The van der Waals surface area contributed by atoms with Gasteiger partial charge in [-0.3, -0.25) is 0 Å². The Balaban J connectivity index is 1.57. The van der Waals surface area contributed by atoms with Crippen molar-refractivity contribution in [2.45, 2.75) is 12.5 Å². The molecule has 0 spiro atoms. The third-order valence-electron chi connectivity index (χ3n) is 5.88. The molecule has 0 saturated carbocycles. The zero-order valence-corrected chi connectivity index (χ0v) is 18.9. The summed E-state index contributed by atoms with van der Waals surface area (Å²) in [6.07, 6.45) is 0.733. The third-order valence-corrected chi connectivity index (χ3v) is 6.36. The Labute approximate surface area is 195 Å². The maximum absolute atomic E-state index is 13.4. The Bertz CT molecular complexity index is 1280. The van der Waals surface area contributed by atoms with E-state index in [9.17, 15) is 4.79 Å². The fourth-order valence-electron chi connectivity index (χ4n) is 4.34. The lowest BCUT2D eigenvalue weighted by Crippen LogP contribution is -2.43. The molecular weight excluding hydrogens is 445 g/mol. The van der Waals surface area contributed by atoms with E-state index in [-0.39, 0.29) is 12.1 Å². The van der Waals surface area contributed by atoms with Crippen molar-refractivity contribution in [2.75, 3.05) is 19.0 Å². The van der Waals surface area contributed by atoms with Crippen LogP contribution in [0.5, 0.6) is 5.75 Å². The first kappa shape index (κ1) is 20.7. The van der Waals surface area contributed by atoms with E-state index in [2.05, 4.69) is 10.3 Å². The van der Waals surface area contributed by atoms with Crippen LogP contribution in [0.1, 0.15) is 22.9 Å². The lowest BCUT2D eigenvalue weighted by Gasteiger charge is -2.36. The number of anilines is 1. The van der Waals surface area contributed by atoms with Gasteiger partial charge in [0.2, 0.25) is 0 Å². The molecule has 1 atom stereocenters. The molecule has 1 aromatic heterocycles. The second kappa shape index (κ2) is 8.41. The van der Waals surface area contributed by atoms with Crippen molar-refractivity contribution >= 4 is 45.8 Å². The van der Waals surface area contributed by atoms with Crippen molar-refractivity contribution < 1.29 is 9.53 Å². The minimum Gasteiger partial charge on any atom is -0.497 e. The lowest BCUT2D eigenvalue weighted by atomic mass is 9.92. The van der Waals surface area contributed by atoms with E-state index < -0.39 is 0 Å². The van der Waals surface area contributed by atoms with Crippen LogP contribution in [0.3, 0.4) is 0 Å². The number of nitrogens with one attached hydrogen (secondary N) is 2. The third kappa shape index (κ3) is 3.78. The molecule has 1 aliphatic rings.